The summed E-state index contributed by atoms with van der Waals surface area (Å²) in [6.45, 7) is 3.34. The lowest BCUT2D eigenvalue weighted by atomic mass is 10.1. The Morgan fingerprint density at radius 3 is 2.94 bits per heavy atom. The molecule has 0 unspecified atom stereocenters. The number of rotatable bonds is 4. The smallest absolute Gasteiger partial charge is 0.126 e. The molecule has 2 aromatic rings. The van der Waals surface area contributed by atoms with Crippen molar-refractivity contribution in [3.63, 3.8) is 0 Å². The van der Waals surface area contributed by atoms with Gasteiger partial charge in [-0.3, -0.25) is 4.98 Å². The van der Waals surface area contributed by atoms with Gasteiger partial charge in [0.25, 0.3) is 0 Å². The van der Waals surface area contributed by atoms with E-state index >= 15 is 0 Å². The Kier molecular flexibility index (Phi) is 3.64. The van der Waals surface area contributed by atoms with E-state index in [0.29, 0.717) is 5.56 Å². The third kappa shape index (κ3) is 2.87. The van der Waals surface area contributed by atoms with Crippen molar-refractivity contribution in [2.45, 2.75) is 20.0 Å². The molecule has 0 atom stereocenters. The van der Waals surface area contributed by atoms with Crippen molar-refractivity contribution in [3.05, 3.63) is 51.7 Å². The van der Waals surface area contributed by atoms with Gasteiger partial charge in [-0.25, -0.2) is 4.39 Å². The molecule has 0 radical (unpaired) electrons. The zero-order valence-electron chi connectivity index (χ0n) is 9.03. The molecule has 1 aromatic heterocycles. The monoisotopic (exact) mass is 236 g/mol. The minimum absolute atomic E-state index is 0.147. The summed E-state index contributed by atoms with van der Waals surface area (Å²) in [4.78, 5) is 5.21. The molecule has 84 valence electrons. The molecule has 0 aliphatic rings. The van der Waals surface area contributed by atoms with Gasteiger partial charge in [0.15, 0.2) is 0 Å². The molecule has 0 fully saturated rings. The largest absolute Gasteiger partial charge is 0.308 e. The van der Waals surface area contributed by atoms with Gasteiger partial charge in [-0.15, -0.1) is 11.3 Å². The van der Waals surface area contributed by atoms with Crippen LogP contribution in [0.2, 0.25) is 0 Å². The van der Waals surface area contributed by atoms with E-state index in [9.17, 15) is 4.39 Å². The molecule has 1 aromatic carbocycles. The standard InChI is InChI=1S/C12H13FN2S/c1-9-4-10(2-3-12(9)13)5-14-6-11-7-15-8-16-11/h2-4,7-8,14H,5-6H2,1H3. The molecule has 16 heavy (non-hydrogen) atoms. The minimum atomic E-state index is -0.147. The maximum absolute atomic E-state index is 13.0. The fourth-order valence-electron chi connectivity index (χ4n) is 1.48. The molecule has 1 heterocycles. The van der Waals surface area contributed by atoms with Crippen LogP contribution in [0.25, 0.3) is 0 Å². The molecule has 0 saturated carbocycles. The van der Waals surface area contributed by atoms with Crippen LogP contribution in [0.5, 0.6) is 0 Å². The topological polar surface area (TPSA) is 24.9 Å². The normalized spacial score (nSPS) is 10.6. The lowest BCUT2D eigenvalue weighted by molar-refractivity contribution is 0.615. The lowest BCUT2D eigenvalue weighted by Crippen LogP contribution is -2.11. The molecule has 2 nitrogen and oxygen atoms in total. The Hall–Kier alpha value is -1.26. The first-order valence-corrected chi connectivity index (χ1v) is 5.97. The fraction of sp³-hybridized carbons (Fsp3) is 0.250. The van der Waals surface area contributed by atoms with Gasteiger partial charge in [0.2, 0.25) is 0 Å². The molecule has 0 saturated heterocycles. The van der Waals surface area contributed by atoms with Crippen LogP contribution in [0.1, 0.15) is 16.0 Å². The Labute approximate surface area is 98.2 Å². The highest BCUT2D eigenvalue weighted by atomic mass is 32.1. The predicted molar refractivity (Wildman–Crippen MR) is 63.8 cm³/mol. The van der Waals surface area contributed by atoms with Gasteiger partial charge >= 0.3 is 0 Å². The lowest BCUT2D eigenvalue weighted by Gasteiger charge is -2.04. The van der Waals surface area contributed by atoms with Crippen molar-refractivity contribution < 1.29 is 4.39 Å². The molecule has 0 amide bonds. The SMILES string of the molecule is Cc1cc(CNCc2cncs2)ccc1F. The molecule has 2 rings (SSSR count). The summed E-state index contributed by atoms with van der Waals surface area (Å²) in [6.07, 6.45) is 1.85. The predicted octanol–water partition coefficient (Wildman–Crippen LogP) is 2.88. The van der Waals surface area contributed by atoms with Crippen LogP contribution < -0.4 is 5.32 Å². The third-order valence-electron chi connectivity index (χ3n) is 2.33. The van der Waals surface area contributed by atoms with Crippen LogP contribution in [0, 0.1) is 12.7 Å². The van der Waals surface area contributed by atoms with Crippen molar-refractivity contribution >= 4 is 11.3 Å². The minimum Gasteiger partial charge on any atom is -0.308 e. The van der Waals surface area contributed by atoms with E-state index in [1.165, 1.54) is 10.9 Å². The second-order valence-electron chi connectivity index (χ2n) is 3.65. The first-order valence-electron chi connectivity index (χ1n) is 5.09. The van der Waals surface area contributed by atoms with Gasteiger partial charge in [-0.1, -0.05) is 12.1 Å². The Balaban J connectivity index is 1.87. The number of nitrogens with one attached hydrogen (secondary N) is 1. The summed E-state index contributed by atoms with van der Waals surface area (Å²) in [5, 5.41) is 3.30. The van der Waals surface area contributed by atoms with Crippen molar-refractivity contribution in [2.75, 3.05) is 0 Å². The summed E-state index contributed by atoms with van der Waals surface area (Å²) >= 11 is 1.63. The van der Waals surface area contributed by atoms with Gasteiger partial charge < -0.3 is 5.32 Å². The summed E-state index contributed by atoms with van der Waals surface area (Å²) in [6, 6.07) is 5.19. The molecule has 0 aliphatic carbocycles. The van der Waals surface area contributed by atoms with Gasteiger partial charge in [-0.05, 0) is 24.1 Å². The van der Waals surface area contributed by atoms with E-state index in [1.54, 1.807) is 18.3 Å². The van der Waals surface area contributed by atoms with Crippen LogP contribution in [0.3, 0.4) is 0 Å². The quantitative estimate of drug-likeness (QED) is 0.883. The number of halogens is 1. The summed E-state index contributed by atoms with van der Waals surface area (Å²) < 4.78 is 13.0. The van der Waals surface area contributed by atoms with Crippen LogP contribution in [0.15, 0.2) is 29.9 Å². The third-order valence-corrected chi connectivity index (χ3v) is 3.11. The van der Waals surface area contributed by atoms with Crippen LogP contribution in [-0.2, 0) is 13.1 Å². The second-order valence-corrected chi connectivity index (χ2v) is 4.63. The van der Waals surface area contributed by atoms with E-state index in [1.807, 2.05) is 23.8 Å². The number of hydrogen-bond donors (Lipinski definition) is 1. The van der Waals surface area contributed by atoms with E-state index in [-0.39, 0.29) is 5.82 Å². The summed E-state index contributed by atoms with van der Waals surface area (Å²) in [5.41, 5.74) is 3.61. The summed E-state index contributed by atoms with van der Waals surface area (Å²) in [5.74, 6) is -0.147. The van der Waals surface area contributed by atoms with E-state index in [4.69, 9.17) is 0 Å². The second kappa shape index (κ2) is 5.18. The van der Waals surface area contributed by atoms with Crippen LogP contribution in [-0.4, -0.2) is 4.98 Å². The first-order chi connectivity index (χ1) is 7.75. The molecular formula is C12H13FN2S. The van der Waals surface area contributed by atoms with E-state index in [0.717, 1.165) is 18.7 Å². The van der Waals surface area contributed by atoms with E-state index < -0.39 is 0 Å². The number of benzene rings is 1. The van der Waals surface area contributed by atoms with Gasteiger partial charge in [0.05, 0.1) is 5.51 Å². The Morgan fingerprint density at radius 1 is 1.38 bits per heavy atom. The van der Waals surface area contributed by atoms with Gasteiger partial charge in [0.1, 0.15) is 5.82 Å². The van der Waals surface area contributed by atoms with E-state index in [2.05, 4.69) is 10.3 Å². The van der Waals surface area contributed by atoms with Crippen molar-refractivity contribution in [1.82, 2.24) is 10.3 Å². The zero-order valence-corrected chi connectivity index (χ0v) is 9.85. The molecular weight excluding hydrogens is 223 g/mol. The Morgan fingerprint density at radius 2 is 2.25 bits per heavy atom. The van der Waals surface area contributed by atoms with Crippen molar-refractivity contribution in [2.24, 2.45) is 0 Å². The number of hydrogen-bond acceptors (Lipinski definition) is 3. The highest BCUT2D eigenvalue weighted by Crippen LogP contribution is 2.10. The number of nitrogens with zero attached hydrogens (tertiary/aromatic N) is 1. The van der Waals surface area contributed by atoms with Gasteiger partial charge in [-0.2, -0.15) is 0 Å². The van der Waals surface area contributed by atoms with Crippen LogP contribution >= 0.6 is 11.3 Å². The zero-order chi connectivity index (χ0) is 11.4. The average molecular weight is 236 g/mol. The number of aryl methyl sites for hydroxylation is 1. The van der Waals surface area contributed by atoms with Crippen molar-refractivity contribution in [1.29, 1.82) is 0 Å². The van der Waals surface area contributed by atoms with Crippen molar-refractivity contribution in [3.8, 4) is 0 Å². The number of thiazole rings is 1. The molecule has 0 spiro atoms. The highest BCUT2D eigenvalue weighted by Gasteiger charge is 1.99. The first kappa shape index (κ1) is 11.2. The van der Waals surface area contributed by atoms with Crippen LogP contribution in [0.4, 0.5) is 4.39 Å². The molecule has 4 heteroatoms. The maximum atomic E-state index is 13.0. The molecule has 0 bridgehead atoms. The summed E-state index contributed by atoms with van der Waals surface area (Å²) in [7, 11) is 0. The molecule has 0 aliphatic heterocycles. The fourth-order valence-corrected chi connectivity index (χ4v) is 2.04. The maximum Gasteiger partial charge on any atom is 0.126 e. The van der Waals surface area contributed by atoms with Gasteiger partial charge in [0, 0.05) is 24.2 Å². The highest BCUT2D eigenvalue weighted by molar-refractivity contribution is 7.09. The molecule has 1 N–H and O–H groups in total. The Bertz CT molecular complexity index is 454. The average Bonchev–Trinajstić information content (AvgIpc) is 2.76. The number of aromatic nitrogens is 1.